The molecule has 0 aromatic carbocycles. The molecule has 0 radical (unpaired) electrons. The summed E-state index contributed by atoms with van der Waals surface area (Å²) in [6.07, 6.45) is 11.8. The first-order chi connectivity index (χ1) is 6.29. The van der Waals surface area contributed by atoms with Gasteiger partial charge in [-0.15, -0.1) is 0 Å². The third-order valence-corrected chi connectivity index (χ3v) is 3.21. The summed E-state index contributed by atoms with van der Waals surface area (Å²) >= 11 is 0. The molecule has 3 atom stereocenters. The fourth-order valence-corrected chi connectivity index (χ4v) is 2.39. The van der Waals surface area contributed by atoms with Crippen LogP contribution in [0, 0.1) is 17.8 Å². The molecule has 2 rings (SSSR count). The lowest BCUT2D eigenvalue weighted by Gasteiger charge is -2.12. The van der Waals surface area contributed by atoms with Gasteiger partial charge in [0.15, 0.2) is 5.78 Å². The summed E-state index contributed by atoms with van der Waals surface area (Å²) in [5.41, 5.74) is 0. The van der Waals surface area contributed by atoms with E-state index in [1.54, 1.807) is 6.08 Å². The van der Waals surface area contributed by atoms with Gasteiger partial charge in [0, 0.05) is 6.42 Å². The number of fused-ring (bicyclic) bond motifs is 2. The van der Waals surface area contributed by atoms with Crippen molar-refractivity contribution in [3.05, 3.63) is 24.3 Å². The summed E-state index contributed by atoms with van der Waals surface area (Å²) in [4.78, 5) is 11.1. The second-order valence-corrected chi connectivity index (χ2v) is 4.12. The van der Waals surface area contributed by atoms with Gasteiger partial charge in [-0.1, -0.05) is 25.2 Å². The van der Waals surface area contributed by atoms with Gasteiger partial charge in [-0.05, 0) is 36.7 Å². The van der Waals surface area contributed by atoms with Crippen LogP contribution in [0.1, 0.15) is 26.2 Å². The zero-order chi connectivity index (χ0) is 9.26. The second-order valence-electron chi connectivity index (χ2n) is 4.12. The van der Waals surface area contributed by atoms with E-state index in [2.05, 4.69) is 18.2 Å². The number of carbonyl (C=O) groups is 1. The Morgan fingerprint density at radius 2 is 2.31 bits per heavy atom. The first-order valence-corrected chi connectivity index (χ1v) is 5.19. The Labute approximate surface area is 79.5 Å². The van der Waals surface area contributed by atoms with Crippen molar-refractivity contribution in [1.29, 1.82) is 0 Å². The summed E-state index contributed by atoms with van der Waals surface area (Å²) < 4.78 is 0. The van der Waals surface area contributed by atoms with E-state index in [0.717, 1.165) is 11.8 Å². The van der Waals surface area contributed by atoms with Crippen LogP contribution in [-0.2, 0) is 4.79 Å². The van der Waals surface area contributed by atoms with E-state index in [1.807, 2.05) is 6.92 Å². The quantitative estimate of drug-likeness (QED) is 0.477. The highest BCUT2D eigenvalue weighted by Gasteiger charge is 2.33. The Hall–Kier alpha value is -0.850. The molecule has 0 amide bonds. The van der Waals surface area contributed by atoms with E-state index in [4.69, 9.17) is 0 Å². The molecule has 0 spiro atoms. The maximum atomic E-state index is 11.1. The normalized spacial score (nSPS) is 36.2. The van der Waals surface area contributed by atoms with Gasteiger partial charge in [-0.3, -0.25) is 4.79 Å². The summed E-state index contributed by atoms with van der Waals surface area (Å²) in [6, 6.07) is 0. The first kappa shape index (κ1) is 8.74. The molecule has 2 bridgehead atoms. The first-order valence-electron chi connectivity index (χ1n) is 5.19. The van der Waals surface area contributed by atoms with Crippen LogP contribution in [0.15, 0.2) is 24.3 Å². The predicted octanol–water partition coefficient (Wildman–Crippen LogP) is 2.73. The molecule has 1 heteroatoms. The Balaban J connectivity index is 1.93. The third kappa shape index (κ3) is 1.74. The largest absolute Gasteiger partial charge is 0.295 e. The van der Waals surface area contributed by atoms with Gasteiger partial charge in [0.2, 0.25) is 0 Å². The smallest absolute Gasteiger partial charge is 0.155 e. The van der Waals surface area contributed by atoms with E-state index >= 15 is 0 Å². The Morgan fingerprint density at radius 1 is 1.46 bits per heavy atom. The van der Waals surface area contributed by atoms with Crippen molar-refractivity contribution < 1.29 is 4.79 Å². The van der Waals surface area contributed by atoms with E-state index in [1.165, 1.54) is 12.8 Å². The fourth-order valence-electron chi connectivity index (χ4n) is 2.39. The van der Waals surface area contributed by atoms with Crippen LogP contribution in [0.2, 0.25) is 0 Å². The molecular weight excluding hydrogens is 160 g/mol. The van der Waals surface area contributed by atoms with Gasteiger partial charge in [-0.25, -0.2) is 0 Å². The summed E-state index contributed by atoms with van der Waals surface area (Å²) in [5, 5.41) is 0. The monoisotopic (exact) mass is 176 g/mol. The topological polar surface area (TPSA) is 17.1 Å². The molecule has 13 heavy (non-hydrogen) atoms. The van der Waals surface area contributed by atoms with E-state index in [9.17, 15) is 4.79 Å². The maximum absolute atomic E-state index is 11.1. The average molecular weight is 176 g/mol. The molecule has 0 aromatic heterocycles. The Morgan fingerprint density at radius 3 is 2.85 bits per heavy atom. The molecule has 0 saturated heterocycles. The minimum atomic E-state index is 0.256. The minimum absolute atomic E-state index is 0.256. The van der Waals surface area contributed by atoms with E-state index in [0.29, 0.717) is 12.3 Å². The molecule has 70 valence electrons. The van der Waals surface area contributed by atoms with Crippen LogP contribution in [0.4, 0.5) is 0 Å². The lowest BCUT2D eigenvalue weighted by atomic mass is 9.93. The molecule has 0 N–H and O–H groups in total. The minimum Gasteiger partial charge on any atom is -0.295 e. The van der Waals surface area contributed by atoms with Gasteiger partial charge >= 0.3 is 0 Å². The number of ketones is 1. The molecule has 0 aliphatic heterocycles. The standard InChI is InChI=1S/C12H16O/c1-2-12(13)6-5-11-8-9-3-4-10(11)7-9/h3-6,9-11H,2,7-8H2,1H3/b6-5+/t9-,10-,11-/m0/s1. The van der Waals surface area contributed by atoms with Crippen LogP contribution in [0.25, 0.3) is 0 Å². The van der Waals surface area contributed by atoms with E-state index in [-0.39, 0.29) is 5.78 Å². The number of hydrogen-bond donors (Lipinski definition) is 0. The van der Waals surface area contributed by atoms with Crippen molar-refractivity contribution in [1.82, 2.24) is 0 Å². The lowest BCUT2D eigenvalue weighted by Crippen LogP contribution is -2.03. The van der Waals surface area contributed by atoms with Gasteiger partial charge < -0.3 is 0 Å². The molecule has 2 aliphatic carbocycles. The van der Waals surface area contributed by atoms with Crippen LogP contribution in [0.5, 0.6) is 0 Å². The molecule has 1 nitrogen and oxygen atoms in total. The van der Waals surface area contributed by atoms with Gasteiger partial charge in [0.25, 0.3) is 0 Å². The highest BCUT2D eigenvalue weighted by molar-refractivity contribution is 5.89. The molecule has 1 saturated carbocycles. The lowest BCUT2D eigenvalue weighted by molar-refractivity contribution is -0.114. The number of allylic oxidation sites excluding steroid dienone is 4. The van der Waals surface area contributed by atoms with Crippen molar-refractivity contribution in [2.75, 3.05) is 0 Å². The van der Waals surface area contributed by atoms with Crippen LogP contribution < -0.4 is 0 Å². The van der Waals surface area contributed by atoms with Gasteiger partial charge in [0.05, 0.1) is 0 Å². The summed E-state index contributed by atoms with van der Waals surface area (Å²) in [6.45, 7) is 1.91. The summed E-state index contributed by atoms with van der Waals surface area (Å²) in [7, 11) is 0. The maximum Gasteiger partial charge on any atom is 0.155 e. The zero-order valence-electron chi connectivity index (χ0n) is 8.07. The van der Waals surface area contributed by atoms with Crippen LogP contribution in [0.3, 0.4) is 0 Å². The van der Waals surface area contributed by atoms with Crippen molar-refractivity contribution in [3.8, 4) is 0 Å². The van der Waals surface area contributed by atoms with Crippen molar-refractivity contribution in [3.63, 3.8) is 0 Å². The Kier molecular flexibility index (Phi) is 2.34. The third-order valence-electron chi connectivity index (χ3n) is 3.21. The average Bonchev–Trinajstić information content (AvgIpc) is 2.74. The highest BCUT2D eigenvalue weighted by Crippen LogP contribution is 2.43. The molecule has 0 heterocycles. The van der Waals surface area contributed by atoms with Crippen LogP contribution >= 0.6 is 0 Å². The predicted molar refractivity (Wildman–Crippen MR) is 53.3 cm³/mol. The van der Waals surface area contributed by atoms with Gasteiger partial charge in [0.1, 0.15) is 0 Å². The van der Waals surface area contributed by atoms with Crippen molar-refractivity contribution in [2.45, 2.75) is 26.2 Å². The summed E-state index contributed by atoms with van der Waals surface area (Å²) in [5.74, 6) is 2.43. The number of hydrogen-bond acceptors (Lipinski definition) is 1. The zero-order valence-corrected chi connectivity index (χ0v) is 8.07. The number of rotatable bonds is 3. The fraction of sp³-hybridized carbons (Fsp3) is 0.583. The van der Waals surface area contributed by atoms with Crippen molar-refractivity contribution >= 4 is 5.78 Å². The van der Waals surface area contributed by atoms with E-state index < -0.39 is 0 Å². The SMILES string of the molecule is CCC(=O)/C=C/[C@H]1C[C@H]2C=C[C@H]1C2. The van der Waals surface area contributed by atoms with Crippen molar-refractivity contribution in [2.24, 2.45) is 17.8 Å². The molecule has 0 unspecified atom stereocenters. The number of carbonyl (C=O) groups excluding carboxylic acids is 1. The second kappa shape index (κ2) is 3.49. The molecule has 0 aromatic rings. The molecule has 2 aliphatic rings. The van der Waals surface area contributed by atoms with Crippen LogP contribution in [-0.4, -0.2) is 5.78 Å². The molecule has 1 fully saturated rings. The Bertz CT molecular complexity index is 262. The van der Waals surface area contributed by atoms with Gasteiger partial charge in [-0.2, -0.15) is 0 Å². The molecular formula is C12H16O. The highest BCUT2D eigenvalue weighted by atomic mass is 16.1.